The smallest absolute Gasteiger partial charge is 0.308 e. The Labute approximate surface area is 163 Å². The van der Waals surface area contributed by atoms with Crippen LogP contribution in [0.5, 0.6) is 0 Å². The lowest BCUT2D eigenvalue weighted by molar-refractivity contribution is -0.125. The fraction of sp³-hybridized carbons (Fsp3) is 0.944. The molecule has 0 spiro atoms. The molecule has 0 aromatic heterocycles. The highest BCUT2D eigenvalue weighted by molar-refractivity contribution is 7.72. The van der Waals surface area contributed by atoms with Crippen molar-refractivity contribution in [2.75, 3.05) is 26.4 Å². The highest BCUT2D eigenvalue weighted by Gasteiger charge is 2.52. The first kappa shape index (κ1) is 25.0. The van der Waals surface area contributed by atoms with Gasteiger partial charge < -0.3 is 18.1 Å². The molecule has 27 heavy (non-hydrogen) atoms. The van der Waals surface area contributed by atoms with Gasteiger partial charge >= 0.3 is 15.2 Å². The van der Waals surface area contributed by atoms with E-state index in [1.807, 2.05) is 0 Å². The standard InChI is InChI=1S/C18H36O7P2/c1-6-15-11-12-17(19)16(13-15)14-18(26(20,22-7-2)23-8-3)27(21,24-9-4)25-10-5/h15-16,18H,6-14H2,1-5H3/t15-,16+/m1/s1. The van der Waals surface area contributed by atoms with E-state index in [1.165, 1.54) is 0 Å². The average Bonchev–Trinajstić information content (AvgIpc) is 2.61. The van der Waals surface area contributed by atoms with Gasteiger partial charge in [0.1, 0.15) is 5.78 Å². The van der Waals surface area contributed by atoms with Gasteiger partial charge in [-0.25, -0.2) is 0 Å². The van der Waals surface area contributed by atoms with E-state index in [1.54, 1.807) is 27.7 Å². The second-order valence-corrected chi connectivity index (χ2v) is 11.5. The van der Waals surface area contributed by atoms with E-state index < -0.39 is 20.6 Å². The van der Waals surface area contributed by atoms with Crippen molar-refractivity contribution in [2.24, 2.45) is 11.8 Å². The van der Waals surface area contributed by atoms with Gasteiger partial charge in [-0.3, -0.25) is 13.9 Å². The third-order valence-corrected chi connectivity index (χ3v) is 11.0. The van der Waals surface area contributed by atoms with Gasteiger partial charge in [-0.15, -0.1) is 0 Å². The van der Waals surface area contributed by atoms with Crippen LogP contribution >= 0.6 is 15.2 Å². The summed E-state index contributed by atoms with van der Waals surface area (Å²) in [6.07, 6.45) is 3.18. The second-order valence-electron chi connectivity index (χ2n) is 6.68. The monoisotopic (exact) mass is 426 g/mol. The van der Waals surface area contributed by atoms with Crippen molar-refractivity contribution in [3.05, 3.63) is 0 Å². The van der Waals surface area contributed by atoms with E-state index >= 15 is 0 Å². The Bertz CT molecular complexity index is 502. The Hall–Kier alpha value is -0.0300. The largest absolute Gasteiger partial charge is 0.345 e. The molecule has 0 saturated heterocycles. The van der Waals surface area contributed by atoms with Crippen molar-refractivity contribution in [1.82, 2.24) is 0 Å². The van der Waals surface area contributed by atoms with Crippen LogP contribution < -0.4 is 0 Å². The number of carbonyl (C=O) groups excluding carboxylic acids is 1. The van der Waals surface area contributed by atoms with E-state index in [-0.39, 0.29) is 44.5 Å². The summed E-state index contributed by atoms with van der Waals surface area (Å²) in [5.41, 5.74) is 0. The fourth-order valence-corrected chi connectivity index (χ4v) is 9.11. The molecule has 0 unspecified atom stereocenters. The summed E-state index contributed by atoms with van der Waals surface area (Å²) in [5.74, 6) is 0.214. The van der Waals surface area contributed by atoms with Crippen LogP contribution in [0, 0.1) is 11.8 Å². The Morgan fingerprint density at radius 2 is 1.33 bits per heavy atom. The molecule has 0 N–H and O–H groups in total. The molecular weight excluding hydrogens is 390 g/mol. The van der Waals surface area contributed by atoms with Crippen molar-refractivity contribution < 1.29 is 32.0 Å². The normalized spacial score (nSPS) is 21.8. The van der Waals surface area contributed by atoms with Crippen molar-refractivity contribution in [1.29, 1.82) is 0 Å². The number of hydrogen-bond donors (Lipinski definition) is 0. The number of ketones is 1. The Morgan fingerprint density at radius 1 is 0.889 bits per heavy atom. The summed E-state index contributed by atoms with van der Waals surface area (Å²) in [4.78, 5) is 12.5. The molecule has 0 heterocycles. The van der Waals surface area contributed by atoms with Crippen LogP contribution in [0.4, 0.5) is 0 Å². The second kappa shape index (κ2) is 11.8. The topological polar surface area (TPSA) is 88.1 Å². The van der Waals surface area contributed by atoms with E-state index in [2.05, 4.69) is 6.92 Å². The maximum atomic E-state index is 13.6. The van der Waals surface area contributed by atoms with Gasteiger partial charge in [-0.2, -0.15) is 0 Å². The number of rotatable bonds is 13. The zero-order chi connectivity index (χ0) is 20.5. The van der Waals surface area contributed by atoms with Gasteiger partial charge in [0.15, 0.2) is 5.40 Å². The minimum absolute atomic E-state index is 0.115. The molecule has 0 radical (unpaired) electrons. The van der Waals surface area contributed by atoms with Crippen molar-refractivity contribution in [2.45, 2.75) is 72.1 Å². The summed E-state index contributed by atoms with van der Waals surface area (Å²) < 4.78 is 49.1. The van der Waals surface area contributed by atoms with Gasteiger partial charge in [-0.05, 0) is 52.9 Å². The summed E-state index contributed by atoms with van der Waals surface area (Å²) in [6.45, 7) is 9.48. The summed E-state index contributed by atoms with van der Waals surface area (Å²) in [6, 6.07) is 0. The molecule has 0 aromatic rings. The Balaban J connectivity index is 3.28. The summed E-state index contributed by atoms with van der Waals surface area (Å²) >= 11 is 0. The van der Waals surface area contributed by atoms with Gasteiger partial charge in [0.25, 0.3) is 0 Å². The molecule has 0 aliphatic heterocycles. The highest BCUT2D eigenvalue weighted by atomic mass is 31.2. The molecule has 0 bridgehead atoms. The molecular formula is C18H36O7P2. The predicted molar refractivity (Wildman–Crippen MR) is 106 cm³/mol. The third kappa shape index (κ3) is 6.76. The van der Waals surface area contributed by atoms with Crippen molar-refractivity contribution in [3.8, 4) is 0 Å². The Morgan fingerprint density at radius 3 is 1.70 bits per heavy atom. The minimum Gasteiger partial charge on any atom is -0.308 e. The lowest BCUT2D eigenvalue weighted by atomic mass is 9.78. The lowest BCUT2D eigenvalue weighted by Crippen LogP contribution is -2.29. The van der Waals surface area contributed by atoms with Crippen molar-refractivity contribution in [3.63, 3.8) is 0 Å². The van der Waals surface area contributed by atoms with Crippen molar-refractivity contribution >= 4 is 21.0 Å². The maximum absolute atomic E-state index is 13.6. The predicted octanol–water partition coefficient (Wildman–Crippen LogP) is 5.63. The maximum Gasteiger partial charge on any atom is 0.345 e. The molecule has 1 rings (SSSR count). The molecule has 0 aromatic carbocycles. The lowest BCUT2D eigenvalue weighted by Gasteiger charge is -2.35. The van der Waals surface area contributed by atoms with Crippen LogP contribution in [0.3, 0.4) is 0 Å². The number of hydrogen-bond acceptors (Lipinski definition) is 7. The zero-order valence-electron chi connectivity index (χ0n) is 17.3. The molecule has 160 valence electrons. The average molecular weight is 426 g/mol. The van der Waals surface area contributed by atoms with E-state index in [0.29, 0.717) is 18.8 Å². The summed E-state index contributed by atoms with van der Waals surface area (Å²) in [7, 11) is -7.59. The van der Waals surface area contributed by atoms with E-state index in [9.17, 15) is 13.9 Å². The first-order valence-corrected chi connectivity index (χ1v) is 13.3. The zero-order valence-corrected chi connectivity index (χ0v) is 19.1. The molecule has 9 heteroatoms. The van der Waals surface area contributed by atoms with Crippen LogP contribution in [-0.2, 0) is 32.0 Å². The van der Waals surface area contributed by atoms with Crippen LogP contribution in [0.2, 0.25) is 0 Å². The fourth-order valence-electron chi connectivity index (χ4n) is 3.62. The molecule has 0 amide bonds. The van der Waals surface area contributed by atoms with Crippen LogP contribution in [0.1, 0.15) is 66.7 Å². The molecule has 1 fully saturated rings. The van der Waals surface area contributed by atoms with Gasteiger partial charge in [-0.1, -0.05) is 13.3 Å². The van der Waals surface area contributed by atoms with Gasteiger partial charge in [0, 0.05) is 12.3 Å². The number of carbonyl (C=O) groups is 1. The molecule has 1 aliphatic rings. The molecule has 1 aliphatic carbocycles. The highest BCUT2D eigenvalue weighted by Crippen LogP contribution is 2.72. The Kier molecular flexibility index (Phi) is 11.0. The molecule has 2 atom stereocenters. The third-order valence-electron chi connectivity index (χ3n) is 4.91. The van der Waals surface area contributed by atoms with Gasteiger partial charge in [0.05, 0.1) is 26.4 Å². The van der Waals surface area contributed by atoms with E-state index in [4.69, 9.17) is 18.1 Å². The molecule has 1 saturated carbocycles. The van der Waals surface area contributed by atoms with Crippen LogP contribution in [0.25, 0.3) is 0 Å². The van der Waals surface area contributed by atoms with Gasteiger partial charge in [0.2, 0.25) is 0 Å². The number of Topliss-reactive ketones (excluding diaryl/α,β-unsaturated/α-hetero) is 1. The minimum atomic E-state index is -3.80. The quantitative estimate of drug-likeness (QED) is 0.353. The summed E-state index contributed by atoms with van der Waals surface area (Å²) in [5, 5.41) is -1.10. The molecule has 7 nitrogen and oxygen atoms in total. The SMILES string of the molecule is CCOP(=O)(OCC)C(C[C@@H]1C[C@H](CC)CCC1=O)P(=O)(OCC)OCC. The van der Waals surface area contributed by atoms with Crippen LogP contribution in [-0.4, -0.2) is 37.6 Å². The first-order valence-electron chi connectivity index (χ1n) is 10.1. The first-order chi connectivity index (χ1) is 12.8. The van der Waals surface area contributed by atoms with E-state index in [0.717, 1.165) is 12.8 Å². The van der Waals surface area contributed by atoms with Crippen LogP contribution in [0.15, 0.2) is 0 Å².